The molecule has 0 aliphatic carbocycles. The minimum Gasteiger partial charge on any atom is -0.490 e. The van der Waals surface area contributed by atoms with Gasteiger partial charge in [-0.15, -0.1) is 0 Å². The average molecular weight is 499 g/mol. The summed E-state index contributed by atoms with van der Waals surface area (Å²) in [5, 5.41) is 14.9. The molecule has 9 heteroatoms. The second kappa shape index (κ2) is 12.2. The zero-order valence-corrected chi connectivity index (χ0v) is 20.6. The first kappa shape index (κ1) is 25.3. The number of aromatic nitrogens is 1. The standard InChI is InChI=1S/C25H24Cl2N4O3/c1-4-33-24-10-17(5-8-23(24)34-15-18-6-7-20(26)11-22(18)27)13-29-31-25-21(12-28)19(14-32-3)9-16(2)30-25/h5-11,13H,4,14-15H2,1-3H3,(H,30,31). The highest BCUT2D eigenvalue weighted by atomic mass is 35.5. The van der Waals surface area contributed by atoms with Crippen LogP contribution in [0.4, 0.5) is 5.82 Å². The fourth-order valence-corrected chi connectivity index (χ4v) is 3.63. The van der Waals surface area contributed by atoms with Crippen molar-refractivity contribution in [2.75, 3.05) is 19.1 Å². The largest absolute Gasteiger partial charge is 0.490 e. The molecule has 0 amide bonds. The number of ether oxygens (including phenoxy) is 3. The molecule has 1 aromatic heterocycles. The smallest absolute Gasteiger partial charge is 0.164 e. The predicted molar refractivity (Wildman–Crippen MR) is 134 cm³/mol. The molecule has 0 aliphatic heterocycles. The molecule has 3 rings (SSSR count). The molecule has 2 aromatic carbocycles. The van der Waals surface area contributed by atoms with E-state index in [4.69, 9.17) is 37.4 Å². The summed E-state index contributed by atoms with van der Waals surface area (Å²) in [4.78, 5) is 4.38. The maximum Gasteiger partial charge on any atom is 0.164 e. The molecule has 1 N–H and O–H groups in total. The summed E-state index contributed by atoms with van der Waals surface area (Å²) in [7, 11) is 1.58. The zero-order chi connectivity index (χ0) is 24.5. The molecule has 176 valence electrons. The SMILES string of the molecule is CCOc1cc(C=NNc2nc(C)cc(COC)c2C#N)ccc1OCc1ccc(Cl)cc1Cl. The summed E-state index contributed by atoms with van der Waals surface area (Å²) in [5.74, 6) is 1.52. The molecule has 1 heterocycles. The Balaban J connectivity index is 1.76. The molecule has 0 fully saturated rings. The molecule has 0 radical (unpaired) electrons. The Hall–Kier alpha value is -3.31. The summed E-state index contributed by atoms with van der Waals surface area (Å²) < 4.78 is 16.9. The van der Waals surface area contributed by atoms with Crippen LogP contribution in [0.5, 0.6) is 11.5 Å². The molecule has 0 saturated heterocycles. The summed E-state index contributed by atoms with van der Waals surface area (Å²) in [6.45, 7) is 4.79. The van der Waals surface area contributed by atoms with E-state index in [-0.39, 0.29) is 6.61 Å². The normalized spacial score (nSPS) is 10.8. The number of benzene rings is 2. The topological polar surface area (TPSA) is 88.8 Å². The predicted octanol–water partition coefficient (Wildman–Crippen LogP) is 6.14. The van der Waals surface area contributed by atoms with Gasteiger partial charge < -0.3 is 14.2 Å². The van der Waals surface area contributed by atoms with Gasteiger partial charge in [-0.25, -0.2) is 4.98 Å². The van der Waals surface area contributed by atoms with Gasteiger partial charge in [0.25, 0.3) is 0 Å². The number of rotatable bonds is 10. The summed E-state index contributed by atoms with van der Waals surface area (Å²) in [6, 6.07) is 14.7. The second-order valence-electron chi connectivity index (χ2n) is 7.22. The van der Waals surface area contributed by atoms with Crippen molar-refractivity contribution in [1.82, 2.24) is 4.98 Å². The Morgan fingerprint density at radius 2 is 1.88 bits per heavy atom. The van der Waals surface area contributed by atoms with Crippen LogP contribution >= 0.6 is 23.2 Å². The van der Waals surface area contributed by atoms with Crippen molar-refractivity contribution in [2.45, 2.75) is 27.1 Å². The van der Waals surface area contributed by atoms with Gasteiger partial charge in [0, 0.05) is 34.0 Å². The maximum absolute atomic E-state index is 9.54. The highest BCUT2D eigenvalue weighted by Gasteiger charge is 2.11. The Bertz CT molecular complexity index is 1230. The molecule has 34 heavy (non-hydrogen) atoms. The van der Waals surface area contributed by atoms with Crippen LogP contribution in [0.25, 0.3) is 0 Å². The highest BCUT2D eigenvalue weighted by molar-refractivity contribution is 6.35. The van der Waals surface area contributed by atoms with Gasteiger partial charge in [-0.05, 0) is 55.8 Å². The van der Waals surface area contributed by atoms with Crippen LogP contribution in [-0.4, -0.2) is 24.9 Å². The van der Waals surface area contributed by atoms with Crippen molar-refractivity contribution < 1.29 is 14.2 Å². The van der Waals surface area contributed by atoms with Gasteiger partial charge in [-0.1, -0.05) is 29.3 Å². The molecule has 0 bridgehead atoms. The molecule has 0 saturated carbocycles. The van der Waals surface area contributed by atoms with Gasteiger partial charge in [0.2, 0.25) is 0 Å². The average Bonchev–Trinajstić information content (AvgIpc) is 2.80. The molecule has 0 atom stereocenters. The van der Waals surface area contributed by atoms with E-state index in [1.54, 1.807) is 31.5 Å². The van der Waals surface area contributed by atoms with Crippen LogP contribution in [0.15, 0.2) is 47.6 Å². The Labute approximate surface area is 208 Å². The zero-order valence-electron chi connectivity index (χ0n) is 19.1. The number of hydrogen-bond donors (Lipinski definition) is 1. The molecule has 0 aliphatic rings. The van der Waals surface area contributed by atoms with Gasteiger partial charge in [0.15, 0.2) is 17.3 Å². The number of hydrogen-bond acceptors (Lipinski definition) is 7. The Morgan fingerprint density at radius 3 is 2.59 bits per heavy atom. The van der Waals surface area contributed by atoms with E-state index in [9.17, 15) is 5.26 Å². The van der Waals surface area contributed by atoms with E-state index in [1.165, 1.54) is 0 Å². The lowest BCUT2D eigenvalue weighted by atomic mass is 10.1. The van der Waals surface area contributed by atoms with Gasteiger partial charge in [0.1, 0.15) is 18.2 Å². The number of aryl methyl sites for hydroxylation is 1. The number of anilines is 1. The number of nitrogens with zero attached hydrogens (tertiary/aromatic N) is 3. The third-order valence-corrected chi connectivity index (χ3v) is 5.28. The first-order valence-corrected chi connectivity index (χ1v) is 11.2. The van der Waals surface area contributed by atoms with Crippen LogP contribution in [0, 0.1) is 18.3 Å². The maximum atomic E-state index is 9.54. The van der Waals surface area contributed by atoms with Crippen molar-refractivity contribution in [3.8, 4) is 17.6 Å². The lowest BCUT2D eigenvalue weighted by molar-refractivity contribution is 0.184. The van der Waals surface area contributed by atoms with Crippen molar-refractivity contribution in [1.29, 1.82) is 5.26 Å². The number of nitrogens with one attached hydrogen (secondary N) is 1. The third-order valence-electron chi connectivity index (χ3n) is 4.69. The van der Waals surface area contributed by atoms with Crippen molar-refractivity contribution in [3.63, 3.8) is 0 Å². The number of methoxy groups -OCH3 is 1. The summed E-state index contributed by atoms with van der Waals surface area (Å²) in [5.41, 5.74) is 6.34. The first-order chi connectivity index (χ1) is 16.4. The number of nitriles is 1. The van der Waals surface area contributed by atoms with E-state index in [0.717, 1.165) is 22.4 Å². The third kappa shape index (κ3) is 6.61. The van der Waals surface area contributed by atoms with Gasteiger partial charge in [-0.2, -0.15) is 10.4 Å². The van der Waals surface area contributed by atoms with Gasteiger partial charge in [0.05, 0.1) is 19.4 Å². The van der Waals surface area contributed by atoms with E-state index >= 15 is 0 Å². The molecule has 0 unspecified atom stereocenters. The van der Waals surface area contributed by atoms with Crippen molar-refractivity contribution in [2.24, 2.45) is 5.10 Å². The highest BCUT2D eigenvalue weighted by Crippen LogP contribution is 2.30. The van der Waals surface area contributed by atoms with Crippen LogP contribution in [0.2, 0.25) is 10.0 Å². The number of pyridine rings is 1. The summed E-state index contributed by atoms with van der Waals surface area (Å²) in [6.07, 6.45) is 1.61. The quantitative estimate of drug-likeness (QED) is 0.266. The minimum atomic E-state index is 0.269. The molecular weight excluding hydrogens is 475 g/mol. The molecule has 7 nitrogen and oxygen atoms in total. The Kier molecular flexibility index (Phi) is 9.11. The lowest BCUT2D eigenvalue weighted by Gasteiger charge is -2.13. The second-order valence-corrected chi connectivity index (χ2v) is 8.07. The monoisotopic (exact) mass is 498 g/mol. The molecule has 0 spiro atoms. The Morgan fingerprint density at radius 1 is 1.06 bits per heavy atom. The van der Waals surface area contributed by atoms with Crippen molar-refractivity contribution >= 4 is 35.2 Å². The van der Waals surface area contributed by atoms with Crippen LogP contribution < -0.4 is 14.9 Å². The van der Waals surface area contributed by atoms with Gasteiger partial charge >= 0.3 is 0 Å². The van der Waals surface area contributed by atoms with Crippen molar-refractivity contribution in [3.05, 3.63) is 80.5 Å². The van der Waals surface area contributed by atoms with Crippen LogP contribution in [-0.2, 0) is 18.0 Å². The molecular formula is C25H24Cl2N4O3. The van der Waals surface area contributed by atoms with E-state index < -0.39 is 0 Å². The van der Waals surface area contributed by atoms with Gasteiger partial charge in [-0.3, -0.25) is 5.43 Å². The first-order valence-electron chi connectivity index (χ1n) is 10.5. The number of hydrazone groups is 1. The van der Waals surface area contributed by atoms with Crippen LogP contribution in [0.3, 0.4) is 0 Å². The van der Waals surface area contributed by atoms with Crippen LogP contribution in [0.1, 0.15) is 34.9 Å². The van der Waals surface area contributed by atoms with E-state index in [1.807, 2.05) is 38.1 Å². The number of halogens is 2. The van der Waals surface area contributed by atoms with E-state index in [0.29, 0.717) is 46.1 Å². The molecule has 3 aromatic rings. The van der Waals surface area contributed by atoms with E-state index in [2.05, 4.69) is 21.6 Å². The fourth-order valence-electron chi connectivity index (χ4n) is 3.17. The fraction of sp³-hybridized carbons (Fsp3) is 0.240. The summed E-state index contributed by atoms with van der Waals surface area (Å²) >= 11 is 12.2. The minimum absolute atomic E-state index is 0.269. The lowest BCUT2D eigenvalue weighted by Crippen LogP contribution is -2.04.